The third-order valence-electron chi connectivity index (χ3n) is 2.53. The van der Waals surface area contributed by atoms with Crippen molar-refractivity contribution in [3.05, 3.63) is 24.3 Å². The van der Waals surface area contributed by atoms with E-state index in [0.717, 1.165) is 10.6 Å². The maximum absolute atomic E-state index is 11.9. The summed E-state index contributed by atoms with van der Waals surface area (Å²) in [6, 6.07) is 7.80. The van der Waals surface area contributed by atoms with E-state index in [4.69, 9.17) is 10.5 Å². The molecule has 4 nitrogen and oxygen atoms in total. The molecule has 1 aromatic carbocycles. The average Bonchev–Trinajstić information content (AvgIpc) is 2.37. The van der Waals surface area contributed by atoms with Gasteiger partial charge in [0.2, 0.25) is 5.91 Å². The summed E-state index contributed by atoms with van der Waals surface area (Å²) in [5, 5.41) is 3.39. The van der Waals surface area contributed by atoms with Crippen LogP contribution in [0, 0.1) is 0 Å². The fraction of sp³-hybridized carbons (Fsp3) is 0.500. The van der Waals surface area contributed by atoms with Gasteiger partial charge in [0.1, 0.15) is 0 Å². The van der Waals surface area contributed by atoms with E-state index in [0.29, 0.717) is 11.8 Å². The number of ether oxygens (including phenoxy) is 1. The van der Waals surface area contributed by atoms with Crippen LogP contribution in [0.4, 0.5) is 5.69 Å². The van der Waals surface area contributed by atoms with Crippen molar-refractivity contribution < 1.29 is 9.53 Å². The molecular weight excluding hydrogens is 260 g/mol. The summed E-state index contributed by atoms with van der Waals surface area (Å²) in [5.41, 5.74) is 6.36. The Bertz CT molecular complexity index is 406. The lowest BCUT2D eigenvalue weighted by molar-refractivity contribution is -0.118. The molecular formula is C14H22N2O2S. The molecule has 1 unspecified atom stereocenters. The van der Waals surface area contributed by atoms with E-state index >= 15 is 0 Å². The van der Waals surface area contributed by atoms with Crippen molar-refractivity contribution in [1.29, 1.82) is 0 Å². The first-order valence-corrected chi connectivity index (χ1v) is 7.23. The van der Waals surface area contributed by atoms with Gasteiger partial charge in [0.25, 0.3) is 0 Å². The number of para-hydroxylation sites is 1. The summed E-state index contributed by atoms with van der Waals surface area (Å²) in [7, 11) is 1.56. The van der Waals surface area contributed by atoms with Gasteiger partial charge in [0.15, 0.2) is 0 Å². The fourth-order valence-corrected chi connectivity index (χ4v) is 2.51. The zero-order valence-corrected chi connectivity index (χ0v) is 12.5. The van der Waals surface area contributed by atoms with Crippen molar-refractivity contribution in [3.8, 4) is 0 Å². The highest BCUT2D eigenvalue weighted by Crippen LogP contribution is 2.30. The molecule has 3 N–H and O–H groups in total. The molecule has 0 aliphatic heterocycles. The molecule has 0 bridgehead atoms. The van der Waals surface area contributed by atoms with Crippen molar-refractivity contribution >= 4 is 23.4 Å². The molecule has 0 aliphatic rings. The van der Waals surface area contributed by atoms with Gasteiger partial charge in [0.05, 0.1) is 18.2 Å². The minimum atomic E-state index is -0.232. The third kappa shape index (κ3) is 5.63. The molecule has 1 rings (SSSR count). The molecule has 0 saturated heterocycles. The van der Waals surface area contributed by atoms with Crippen molar-refractivity contribution in [2.75, 3.05) is 19.0 Å². The lowest BCUT2D eigenvalue weighted by atomic mass is 10.2. The van der Waals surface area contributed by atoms with Crippen LogP contribution in [0.3, 0.4) is 0 Å². The lowest BCUT2D eigenvalue weighted by Gasteiger charge is -2.15. The Morgan fingerprint density at radius 1 is 1.42 bits per heavy atom. The summed E-state index contributed by atoms with van der Waals surface area (Å²) in [5.74, 6) is -0.0749. The number of amides is 1. The van der Waals surface area contributed by atoms with Gasteiger partial charge >= 0.3 is 0 Å². The van der Waals surface area contributed by atoms with E-state index in [1.54, 1.807) is 18.9 Å². The molecule has 0 aromatic heterocycles. The number of hydrogen-bond acceptors (Lipinski definition) is 4. The Balaban J connectivity index is 2.68. The first-order chi connectivity index (χ1) is 9.06. The minimum absolute atomic E-state index is 0.0749. The minimum Gasteiger partial charge on any atom is -0.380 e. The third-order valence-corrected chi connectivity index (χ3v) is 3.61. The summed E-state index contributed by atoms with van der Waals surface area (Å²) in [6.45, 7) is 4.59. The summed E-state index contributed by atoms with van der Waals surface area (Å²) in [4.78, 5) is 13.0. The Hall–Kier alpha value is -1.04. The number of nitrogens with one attached hydrogen (secondary N) is 1. The quantitative estimate of drug-likeness (QED) is 0.754. The van der Waals surface area contributed by atoms with Gasteiger partial charge in [-0.2, -0.15) is 0 Å². The van der Waals surface area contributed by atoms with Gasteiger partial charge in [-0.3, -0.25) is 4.79 Å². The van der Waals surface area contributed by atoms with Crippen LogP contribution in [0.2, 0.25) is 0 Å². The molecule has 0 spiro atoms. The zero-order chi connectivity index (χ0) is 14.3. The van der Waals surface area contributed by atoms with Crippen LogP contribution < -0.4 is 11.1 Å². The standard InChI is InChI=1S/C14H22N2O2S/c1-10(2)19-13-7-5-4-6-12(13)16-14(17)8-11(9-15)18-3/h4-7,10-11H,8-9,15H2,1-3H3,(H,16,17). The van der Waals surface area contributed by atoms with Gasteiger partial charge in [-0.15, -0.1) is 11.8 Å². The van der Waals surface area contributed by atoms with Crippen molar-refractivity contribution in [2.24, 2.45) is 5.73 Å². The largest absolute Gasteiger partial charge is 0.380 e. The van der Waals surface area contributed by atoms with Crippen LogP contribution in [0.15, 0.2) is 29.2 Å². The number of carbonyl (C=O) groups is 1. The molecule has 19 heavy (non-hydrogen) atoms. The van der Waals surface area contributed by atoms with Crippen molar-refractivity contribution in [3.63, 3.8) is 0 Å². The second kappa shape index (κ2) is 8.19. The molecule has 0 aliphatic carbocycles. The molecule has 0 radical (unpaired) electrons. The SMILES string of the molecule is COC(CN)CC(=O)Nc1ccccc1SC(C)C. The smallest absolute Gasteiger partial charge is 0.227 e. The average molecular weight is 282 g/mol. The molecule has 1 aromatic rings. The highest BCUT2D eigenvalue weighted by Gasteiger charge is 2.13. The maximum Gasteiger partial charge on any atom is 0.227 e. The van der Waals surface area contributed by atoms with Crippen molar-refractivity contribution in [2.45, 2.75) is 36.5 Å². The normalized spacial score (nSPS) is 12.5. The van der Waals surface area contributed by atoms with E-state index < -0.39 is 0 Å². The molecule has 0 heterocycles. The molecule has 0 saturated carbocycles. The van der Waals surface area contributed by atoms with Gasteiger partial charge in [-0.25, -0.2) is 0 Å². The monoisotopic (exact) mass is 282 g/mol. The number of anilines is 1. The number of benzene rings is 1. The van der Waals surface area contributed by atoms with Crippen LogP contribution in [0.1, 0.15) is 20.3 Å². The highest BCUT2D eigenvalue weighted by atomic mass is 32.2. The van der Waals surface area contributed by atoms with Gasteiger partial charge in [-0.1, -0.05) is 26.0 Å². The van der Waals surface area contributed by atoms with Crippen LogP contribution in [0.25, 0.3) is 0 Å². The Labute approximate surface area is 119 Å². The Kier molecular flexibility index (Phi) is 6.91. The predicted octanol–water partition coefficient (Wildman–Crippen LogP) is 2.49. The number of rotatable bonds is 7. The van der Waals surface area contributed by atoms with Crippen LogP contribution in [0.5, 0.6) is 0 Å². The van der Waals surface area contributed by atoms with E-state index in [-0.39, 0.29) is 18.4 Å². The summed E-state index contributed by atoms with van der Waals surface area (Å²) < 4.78 is 5.11. The number of hydrogen-bond donors (Lipinski definition) is 2. The van der Waals surface area contributed by atoms with E-state index in [9.17, 15) is 4.79 Å². The second-order valence-corrected chi connectivity index (χ2v) is 6.13. The second-order valence-electron chi connectivity index (χ2n) is 4.51. The number of thioether (sulfide) groups is 1. The van der Waals surface area contributed by atoms with Crippen LogP contribution in [-0.2, 0) is 9.53 Å². The first-order valence-electron chi connectivity index (χ1n) is 6.35. The number of carbonyl (C=O) groups excluding carboxylic acids is 1. The van der Waals surface area contributed by atoms with Crippen molar-refractivity contribution in [1.82, 2.24) is 0 Å². The van der Waals surface area contributed by atoms with Gasteiger partial charge < -0.3 is 15.8 Å². The Morgan fingerprint density at radius 3 is 2.68 bits per heavy atom. The predicted molar refractivity (Wildman–Crippen MR) is 80.5 cm³/mol. The lowest BCUT2D eigenvalue weighted by Crippen LogP contribution is -2.28. The zero-order valence-electron chi connectivity index (χ0n) is 11.7. The Morgan fingerprint density at radius 2 is 2.11 bits per heavy atom. The molecule has 106 valence electrons. The van der Waals surface area contributed by atoms with Crippen LogP contribution >= 0.6 is 11.8 Å². The van der Waals surface area contributed by atoms with E-state index in [2.05, 4.69) is 19.2 Å². The number of methoxy groups -OCH3 is 1. The van der Waals surface area contributed by atoms with Crippen LogP contribution in [-0.4, -0.2) is 30.9 Å². The van der Waals surface area contributed by atoms with E-state index in [1.807, 2.05) is 24.3 Å². The highest BCUT2D eigenvalue weighted by molar-refractivity contribution is 8.00. The van der Waals surface area contributed by atoms with Gasteiger partial charge in [0, 0.05) is 23.8 Å². The topological polar surface area (TPSA) is 64.3 Å². The molecule has 5 heteroatoms. The summed E-state index contributed by atoms with van der Waals surface area (Å²) >= 11 is 1.73. The van der Waals surface area contributed by atoms with Gasteiger partial charge in [-0.05, 0) is 12.1 Å². The fourth-order valence-electron chi connectivity index (χ4n) is 1.60. The molecule has 1 atom stereocenters. The summed E-state index contributed by atoms with van der Waals surface area (Å²) in [6.07, 6.45) is 0.0399. The molecule has 1 amide bonds. The number of nitrogens with two attached hydrogens (primary N) is 1. The molecule has 0 fully saturated rings. The van der Waals surface area contributed by atoms with E-state index in [1.165, 1.54) is 0 Å². The first kappa shape index (κ1) is 16.0. The maximum atomic E-state index is 11.9.